The molecule has 2 aromatic heterocycles. The second-order valence-electron chi connectivity index (χ2n) is 10.4. The molecule has 0 saturated carbocycles. The number of H-pyrrole nitrogens is 1. The van der Waals surface area contributed by atoms with Crippen molar-refractivity contribution in [3.63, 3.8) is 0 Å². The lowest BCUT2D eigenvalue weighted by Gasteiger charge is -2.41. The Labute approximate surface area is 202 Å². The molecular weight excluding hydrogens is 424 g/mol. The summed E-state index contributed by atoms with van der Waals surface area (Å²) in [6.07, 6.45) is 1.97. The van der Waals surface area contributed by atoms with Gasteiger partial charge in [-0.1, -0.05) is 19.9 Å². The lowest BCUT2D eigenvalue weighted by atomic mass is 9.87. The van der Waals surface area contributed by atoms with Crippen LogP contribution in [0.2, 0.25) is 0 Å². The third kappa shape index (κ3) is 5.03. The van der Waals surface area contributed by atoms with Gasteiger partial charge in [-0.3, -0.25) is 14.7 Å². The summed E-state index contributed by atoms with van der Waals surface area (Å²) < 4.78 is 0. The number of hydrogen-bond acceptors (Lipinski definition) is 4. The van der Waals surface area contributed by atoms with Crippen LogP contribution in [-0.4, -0.2) is 51.2 Å². The van der Waals surface area contributed by atoms with Crippen LogP contribution in [0, 0.1) is 13.8 Å². The molecule has 0 radical (unpaired) electrons. The highest BCUT2D eigenvalue weighted by Crippen LogP contribution is 2.39. The third-order valence-corrected chi connectivity index (χ3v) is 7.13. The van der Waals surface area contributed by atoms with Crippen molar-refractivity contribution < 1.29 is 9.90 Å². The van der Waals surface area contributed by atoms with E-state index in [1.807, 2.05) is 13.8 Å². The Balaban J connectivity index is 1.60. The quantitative estimate of drug-likeness (QED) is 0.482. The molecular formula is C28H38N4O2. The van der Waals surface area contributed by atoms with Crippen molar-refractivity contribution in [1.29, 1.82) is 0 Å². The largest absolute Gasteiger partial charge is 0.374 e. The second-order valence-corrected chi connectivity index (χ2v) is 10.4. The number of piperidine rings is 1. The molecule has 3 aromatic rings. The Morgan fingerprint density at radius 3 is 2.44 bits per heavy atom. The number of aromatic amines is 1. The van der Waals surface area contributed by atoms with E-state index >= 15 is 0 Å². The normalized spacial score (nSPS) is 17.3. The van der Waals surface area contributed by atoms with Crippen LogP contribution in [0.15, 0.2) is 30.3 Å². The molecule has 1 aliphatic rings. The minimum atomic E-state index is -1.03. The van der Waals surface area contributed by atoms with Crippen LogP contribution in [0.1, 0.15) is 74.9 Å². The van der Waals surface area contributed by atoms with Crippen LogP contribution in [0.3, 0.4) is 0 Å². The Kier molecular flexibility index (Phi) is 6.83. The molecule has 1 fully saturated rings. The van der Waals surface area contributed by atoms with Crippen LogP contribution >= 0.6 is 0 Å². The molecule has 182 valence electrons. The van der Waals surface area contributed by atoms with Gasteiger partial charge in [0.1, 0.15) is 5.72 Å². The van der Waals surface area contributed by atoms with E-state index < -0.39 is 5.72 Å². The van der Waals surface area contributed by atoms with Gasteiger partial charge in [0.15, 0.2) is 0 Å². The van der Waals surface area contributed by atoms with Crippen molar-refractivity contribution in [3.8, 4) is 11.3 Å². The van der Waals surface area contributed by atoms with Gasteiger partial charge in [-0.05, 0) is 80.8 Å². The molecule has 3 heterocycles. The summed E-state index contributed by atoms with van der Waals surface area (Å²) in [7, 11) is 0. The standard InChI is InChI=1S/C28H38N4O2/c1-17(2)26-24-15-22(21-9-11-32(12-10-21)28(6,34)16-29-20(5)33)7-8-25(24)31-27(26)23-13-18(3)30-19(4)14-23/h7-8,13-15,17,21,31,34H,9-12,16H2,1-6H3,(H,29,33). The van der Waals surface area contributed by atoms with Gasteiger partial charge in [0.2, 0.25) is 5.91 Å². The molecule has 4 rings (SSSR count). The topological polar surface area (TPSA) is 81.2 Å². The van der Waals surface area contributed by atoms with E-state index in [2.05, 4.69) is 64.4 Å². The average Bonchev–Trinajstić information content (AvgIpc) is 3.16. The zero-order chi connectivity index (χ0) is 24.6. The van der Waals surface area contributed by atoms with Crippen LogP contribution in [0.5, 0.6) is 0 Å². The fraction of sp³-hybridized carbons (Fsp3) is 0.500. The Morgan fingerprint density at radius 1 is 1.21 bits per heavy atom. The maximum atomic E-state index is 11.3. The number of aryl methyl sites for hydroxylation is 2. The van der Waals surface area contributed by atoms with Crippen molar-refractivity contribution in [1.82, 2.24) is 20.2 Å². The van der Waals surface area contributed by atoms with Gasteiger partial charge < -0.3 is 15.4 Å². The van der Waals surface area contributed by atoms with Gasteiger partial charge in [-0.2, -0.15) is 0 Å². The summed E-state index contributed by atoms with van der Waals surface area (Å²) >= 11 is 0. The van der Waals surface area contributed by atoms with E-state index in [0.717, 1.165) is 37.3 Å². The van der Waals surface area contributed by atoms with Crippen molar-refractivity contribution in [3.05, 3.63) is 52.8 Å². The lowest BCUT2D eigenvalue weighted by Crippen LogP contribution is -2.55. The predicted octanol–water partition coefficient (Wildman–Crippen LogP) is 4.99. The van der Waals surface area contributed by atoms with Crippen molar-refractivity contribution >= 4 is 16.8 Å². The molecule has 0 spiro atoms. The summed E-state index contributed by atoms with van der Waals surface area (Å²) in [4.78, 5) is 21.6. The molecule has 1 unspecified atom stereocenters. The highest BCUT2D eigenvalue weighted by Gasteiger charge is 2.33. The van der Waals surface area contributed by atoms with E-state index in [-0.39, 0.29) is 12.5 Å². The highest BCUT2D eigenvalue weighted by molar-refractivity contribution is 5.92. The Hall–Kier alpha value is -2.70. The number of fused-ring (bicyclic) bond motifs is 1. The monoisotopic (exact) mass is 462 g/mol. The van der Waals surface area contributed by atoms with Gasteiger partial charge in [-0.25, -0.2) is 0 Å². The van der Waals surface area contributed by atoms with E-state index in [4.69, 9.17) is 0 Å². The molecule has 0 aliphatic carbocycles. The van der Waals surface area contributed by atoms with Gasteiger partial charge in [0, 0.05) is 47.9 Å². The first-order valence-electron chi connectivity index (χ1n) is 12.4. The minimum absolute atomic E-state index is 0.118. The lowest BCUT2D eigenvalue weighted by molar-refractivity contribution is -0.126. The highest BCUT2D eigenvalue weighted by atomic mass is 16.3. The SMILES string of the molecule is CC(=O)NCC(C)(O)N1CCC(c2ccc3[nH]c(-c4cc(C)nc(C)c4)c(C(C)C)c3c2)CC1. The number of nitrogens with zero attached hydrogens (tertiary/aromatic N) is 2. The zero-order valence-electron chi connectivity index (χ0n) is 21.3. The summed E-state index contributed by atoms with van der Waals surface area (Å²) in [5, 5.41) is 14.9. The van der Waals surface area contributed by atoms with Crippen molar-refractivity contribution in [2.45, 2.75) is 71.9 Å². The summed E-state index contributed by atoms with van der Waals surface area (Å²) in [5.74, 6) is 0.729. The summed E-state index contributed by atoms with van der Waals surface area (Å²) in [6.45, 7) is 13.7. The number of nitrogens with one attached hydrogen (secondary N) is 2. The number of likely N-dealkylation sites (tertiary alicyclic amines) is 1. The first-order valence-corrected chi connectivity index (χ1v) is 12.4. The average molecular weight is 463 g/mol. The van der Waals surface area contributed by atoms with E-state index in [1.165, 1.54) is 40.2 Å². The number of rotatable bonds is 6. The molecule has 1 atom stereocenters. The Bertz CT molecular complexity index is 1170. The van der Waals surface area contributed by atoms with Crippen molar-refractivity contribution in [2.24, 2.45) is 0 Å². The molecule has 6 heteroatoms. The van der Waals surface area contributed by atoms with Gasteiger partial charge in [0.05, 0.1) is 12.2 Å². The smallest absolute Gasteiger partial charge is 0.217 e. The maximum Gasteiger partial charge on any atom is 0.217 e. The number of amides is 1. The van der Waals surface area contributed by atoms with Gasteiger partial charge in [0.25, 0.3) is 0 Å². The molecule has 6 nitrogen and oxygen atoms in total. The van der Waals surface area contributed by atoms with E-state index in [9.17, 15) is 9.90 Å². The number of benzene rings is 1. The van der Waals surface area contributed by atoms with Crippen LogP contribution in [-0.2, 0) is 4.79 Å². The minimum Gasteiger partial charge on any atom is -0.374 e. The zero-order valence-corrected chi connectivity index (χ0v) is 21.3. The van der Waals surface area contributed by atoms with Gasteiger partial charge in [-0.15, -0.1) is 0 Å². The summed E-state index contributed by atoms with van der Waals surface area (Å²) in [6, 6.07) is 11.2. The van der Waals surface area contributed by atoms with Crippen LogP contribution in [0.25, 0.3) is 22.2 Å². The van der Waals surface area contributed by atoms with E-state index in [0.29, 0.717) is 11.8 Å². The van der Waals surface area contributed by atoms with Gasteiger partial charge >= 0.3 is 0 Å². The fourth-order valence-corrected chi connectivity index (χ4v) is 5.39. The number of carbonyl (C=O) groups is 1. The predicted molar refractivity (Wildman–Crippen MR) is 138 cm³/mol. The molecule has 34 heavy (non-hydrogen) atoms. The number of aliphatic hydroxyl groups is 1. The summed E-state index contributed by atoms with van der Waals surface area (Å²) in [5.41, 5.74) is 7.32. The van der Waals surface area contributed by atoms with E-state index in [1.54, 1.807) is 6.92 Å². The van der Waals surface area contributed by atoms with Crippen molar-refractivity contribution in [2.75, 3.05) is 19.6 Å². The molecule has 1 amide bonds. The Morgan fingerprint density at radius 2 is 1.85 bits per heavy atom. The molecule has 0 bridgehead atoms. The molecule has 1 aliphatic heterocycles. The number of hydrogen-bond donors (Lipinski definition) is 3. The van der Waals surface area contributed by atoms with Crippen LogP contribution < -0.4 is 5.32 Å². The molecule has 1 aromatic carbocycles. The molecule has 1 saturated heterocycles. The second kappa shape index (κ2) is 9.51. The first-order chi connectivity index (χ1) is 16.0. The number of aromatic nitrogens is 2. The van der Waals surface area contributed by atoms with Crippen LogP contribution in [0.4, 0.5) is 0 Å². The maximum absolute atomic E-state index is 11.3. The number of pyridine rings is 1. The first kappa shape index (κ1) is 24.4. The third-order valence-electron chi connectivity index (χ3n) is 7.13. The molecule has 3 N–H and O–H groups in total. The fourth-order valence-electron chi connectivity index (χ4n) is 5.39. The number of carbonyl (C=O) groups excluding carboxylic acids is 1.